The monoisotopic (exact) mass is 339 g/mol. The van der Waals surface area contributed by atoms with E-state index in [4.69, 9.17) is 4.98 Å². The van der Waals surface area contributed by atoms with Crippen LogP contribution in [0.3, 0.4) is 0 Å². The van der Waals surface area contributed by atoms with Crippen molar-refractivity contribution in [2.45, 2.75) is 6.42 Å². The van der Waals surface area contributed by atoms with Gasteiger partial charge >= 0.3 is 5.97 Å². The number of halogens is 1. The number of aromatic carboxylic acids is 1. The van der Waals surface area contributed by atoms with Crippen molar-refractivity contribution in [3.05, 3.63) is 63.6 Å². The maximum absolute atomic E-state index is 11.8. The zero-order valence-electron chi connectivity index (χ0n) is 10.9. The van der Waals surface area contributed by atoms with Crippen LogP contribution in [0.25, 0.3) is 22.2 Å². The number of carboxylic acid groups (broad SMARTS) is 1. The molecule has 0 unspecified atom stereocenters. The number of hydrogen-bond acceptors (Lipinski definition) is 2. The molecule has 0 radical (unpaired) electrons. The molecule has 3 aromatic rings. The van der Waals surface area contributed by atoms with Gasteiger partial charge in [0.25, 0.3) is 0 Å². The molecule has 4 rings (SSSR count). The molecule has 2 aromatic carbocycles. The number of hydrogen-bond donors (Lipinski definition) is 1. The van der Waals surface area contributed by atoms with Gasteiger partial charge in [0.1, 0.15) is 0 Å². The van der Waals surface area contributed by atoms with E-state index in [9.17, 15) is 9.90 Å². The van der Waals surface area contributed by atoms with E-state index >= 15 is 0 Å². The molecule has 21 heavy (non-hydrogen) atoms. The van der Waals surface area contributed by atoms with Gasteiger partial charge in [-0.1, -0.05) is 46.3 Å². The minimum atomic E-state index is -0.895. The lowest BCUT2D eigenvalue weighted by molar-refractivity contribution is 0.0698. The summed E-state index contributed by atoms with van der Waals surface area (Å²) >= 11 is 3.55. The van der Waals surface area contributed by atoms with Crippen LogP contribution < -0.4 is 0 Å². The fourth-order valence-corrected chi connectivity index (χ4v) is 3.53. The van der Waals surface area contributed by atoms with Gasteiger partial charge < -0.3 is 5.11 Å². The summed E-state index contributed by atoms with van der Waals surface area (Å²) in [5.41, 5.74) is 4.83. The molecule has 0 saturated carbocycles. The highest BCUT2D eigenvalue weighted by atomic mass is 79.9. The van der Waals surface area contributed by atoms with Gasteiger partial charge in [-0.3, -0.25) is 0 Å². The Labute approximate surface area is 129 Å². The topological polar surface area (TPSA) is 50.2 Å². The van der Waals surface area contributed by atoms with Gasteiger partial charge in [0, 0.05) is 21.8 Å². The van der Waals surface area contributed by atoms with Gasteiger partial charge in [0.2, 0.25) is 0 Å². The Morgan fingerprint density at radius 1 is 1.10 bits per heavy atom. The average Bonchev–Trinajstić information content (AvgIpc) is 2.84. The third-order valence-electron chi connectivity index (χ3n) is 3.93. The first-order valence-electron chi connectivity index (χ1n) is 6.59. The lowest BCUT2D eigenvalue weighted by Gasteiger charge is -2.08. The molecule has 1 aliphatic carbocycles. The van der Waals surface area contributed by atoms with Gasteiger partial charge in [-0.25, -0.2) is 9.78 Å². The molecule has 3 nitrogen and oxygen atoms in total. The summed E-state index contributed by atoms with van der Waals surface area (Å²) in [6, 6.07) is 13.3. The molecule has 4 heteroatoms. The van der Waals surface area contributed by atoms with Crippen LogP contribution in [-0.4, -0.2) is 16.1 Å². The first kappa shape index (κ1) is 12.5. The second kappa shape index (κ2) is 4.40. The number of para-hydroxylation sites is 1. The van der Waals surface area contributed by atoms with Crippen LogP contribution in [0.1, 0.15) is 21.5 Å². The molecular formula is C17H10BrNO2. The maximum atomic E-state index is 11.8. The number of rotatable bonds is 1. The number of aromatic nitrogens is 1. The first-order chi connectivity index (χ1) is 10.2. The summed E-state index contributed by atoms with van der Waals surface area (Å²) in [5, 5.41) is 10.4. The van der Waals surface area contributed by atoms with Crippen molar-refractivity contribution in [3.8, 4) is 11.3 Å². The van der Waals surface area contributed by atoms with Crippen molar-refractivity contribution in [1.82, 2.24) is 4.98 Å². The molecule has 0 fully saturated rings. The van der Waals surface area contributed by atoms with E-state index in [1.54, 1.807) is 0 Å². The van der Waals surface area contributed by atoms with Crippen molar-refractivity contribution < 1.29 is 9.90 Å². The predicted octanol–water partition coefficient (Wildman–Crippen LogP) is 4.27. The van der Waals surface area contributed by atoms with E-state index in [0.29, 0.717) is 17.4 Å². The molecule has 0 spiro atoms. The highest BCUT2D eigenvalue weighted by Crippen LogP contribution is 2.42. The Kier molecular flexibility index (Phi) is 2.62. The SMILES string of the molecule is O=C(O)c1c2c(nc3ccccc13)-c1cccc(Br)c1C2. The summed E-state index contributed by atoms with van der Waals surface area (Å²) < 4.78 is 0.999. The zero-order valence-corrected chi connectivity index (χ0v) is 12.5. The quantitative estimate of drug-likeness (QED) is 0.563. The van der Waals surface area contributed by atoms with E-state index in [0.717, 1.165) is 32.4 Å². The van der Waals surface area contributed by atoms with Crippen molar-refractivity contribution in [1.29, 1.82) is 0 Å². The summed E-state index contributed by atoms with van der Waals surface area (Å²) in [4.78, 5) is 16.5. The van der Waals surface area contributed by atoms with E-state index in [2.05, 4.69) is 15.9 Å². The minimum Gasteiger partial charge on any atom is -0.478 e. The fraction of sp³-hybridized carbons (Fsp3) is 0.0588. The number of carboxylic acids is 1. The minimum absolute atomic E-state index is 0.374. The molecule has 1 aliphatic rings. The van der Waals surface area contributed by atoms with Gasteiger partial charge in [-0.2, -0.15) is 0 Å². The normalized spacial score (nSPS) is 12.2. The Balaban J connectivity index is 2.15. The molecular weight excluding hydrogens is 330 g/mol. The first-order valence-corrected chi connectivity index (χ1v) is 7.39. The van der Waals surface area contributed by atoms with Gasteiger partial charge in [-0.15, -0.1) is 0 Å². The molecule has 102 valence electrons. The summed E-state index contributed by atoms with van der Waals surface area (Å²) in [7, 11) is 0. The van der Waals surface area contributed by atoms with Crippen LogP contribution in [0.5, 0.6) is 0 Å². The number of benzene rings is 2. The van der Waals surface area contributed by atoms with Crippen molar-refractivity contribution in [2.75, 3.05) is 0 Å². The second-order valence-corrected chi connectivity index (χ2v) is 5.93. The van der Waals surface area contributed by atoms with Crippen LogP contribution in [-0.2, 0) is 6.42 Å². The predicted molar refractivity (Wildman–Crippen MR) is 84.6 cm³/mol. The Hall–Kier alpha value is -2.20. The maximum Gasteiger partial charge on any atom is 0.336 e. The number of fused-ring (bicyclic) bond motifs is 4. The van der Waals surface area contributed by atoms with Crippen molar-refractivity contribution in [2.24, 2.45) is 0 Å². The molecule has 0 atom stereocenters. The third-order valence-corrected chi connectivity index (χ3v) is 4.68. The Bertz CT molecular complexity index is 918. The van der Waals surface area contributed by atoms with E-state index in [-0.39, 0.29) is 0 Å². The van der Waals surface area contributed by atoms with Crippen LogP contribution in [0.15, 0.2) is 46.9 Å². The Morgan fingerprint density at radius 3 is 2.71 bits per heavy atom. The van der Waals surface area contributed by atoms with Crippen LogP contribution >= 0.6 is 15.9 Å². The summed E-state index contributed by atoms with van der Waals surface area (Å²) in [6.07, 6.45) is 0.603. The van der Waals surface area contributed by atoms with Gasteiger partial charge in [-0.05, 0) is 23.3 Å². The third kappa shape index (κ3) is 1.72. The smallest absolute Gasteiger partial charge is 0.336 e. The second-order valence-electron chi connectivity index (χ2n) is 5.08. The standard InChI is InChI=1S/C17H10BrNO2/c18-13-6-3-5-9-11(13)8-12-15(17(20)21)10-4-1-2-7-14(10)19-16(9)12/h1-7H,8H2,(H,20,21). The van der Waals surface area contributed by atoms with E-state index in [1.807, 2.05) is 42.5 Å². The molecule has 0 bridgehead atoms. The van der Waals surface area contributed by atoms with Crippen LogP contribution in [0.4, 0.5) is 0 Å². The Morgan fingerprint density at radius 2 is 1.90 bits per heavy atom. The number of nitrogens with zero attached hydrogens (tertiary/aromatic N) is 1. The van der Waals surface area contributed by atoms with E-state index < -0.39 is 5.97 Å². The molecule has 0 saturated heterocycles. The lowest BCUT2D eigenvalue weighted by Crippen LogP contribution is -2.04. The molecule has 1 heterocycles. The fourth-order valence-electron chi connectivity index (χ4n) is 3.03. The van der Waals surface area contributed by atoms with Gasteiger partial charge in [0.15, 0.2) is 0 Å². The largest absolute Gasteiger partial charge is 0.478 e. The molecule has 1 N–H and O–H groups in total. The summed E-state index contributed by atoms with van der Waals surface area (Å²) in [6.45, 7) is 0. The van der Waals surface area contributed by atoms with E-state index in [1.165, 1.54) is 0 Å². The highest BCUT2D eigenvalue weighted by Gasteiger charge is 2.28. The van der Waals surface area contributed by atoms with Crippen LogP contribution in [0.2, 0.25) is 0 Å². The van der Waals surface area contributed by atoms with Gasteiger partial charge in [0.05, 0.1) is 16.8 Å². The zero-order chi connectivity index (χ0) is 14.6. The molecule has 0 aliphatic heterocycles. The lowest BCUT2D eigenvalue weighted by atomic mass is 10.0. The molecule has 1 aromatic heterocycles. The highest BCUT2D eigenvalue weighted by molar-refractivity contribution is 9.10. The average molecular weight is 340 g/mol. The van der Waals surface area contributed by atoms with Crippen molar-refractivity contribution >= 4 is 32.8 Å². The van der Waals surface area contributed by atoms with Crippen LogP contribution in [0, 0.1) is 0 Å². The van der Waals surface area contributed by atoms with Crippen molar-refractivity contribution in [3.63, 3.8) is 0 Å². The molecule has 0 amide bonds. The number of pyridine rings is 1. The summed E-state index contributed by atoms with van der Waals surface area (Å²) in [5.74, 6) is -0.895. The number of carbonyl (C=O) groups is 1.